The van der Waals surface area contributed by atoms with Gasteiger partial charge in [0, 0.05) is 19.6 Å². The van der Waals surface area contributed by atoms with E-state index in [9.17, 15) is 9.59 Å². The van der Waals surface area contributed by atoms with Crippen molar-refractivity contribution < 1.29 is 18.7 Å². The van der Waals surface area contributed by atoms with Gasteiger partial charge in [-0.1, -0.05) is 11.8 Å². The van der Waals surface area contributed by atoms with Crippen molar-refractivity contribution in [2.24, 2.45) is 0 Å². The molecule has 9 nitrogen and oxygen atoms in total. The standard InChI is InChI=1S/C17H25N5O4S/c1-5-22-14(12-7-6-10-25-12)20-21-15(22)27-11-13(23)18-8-9-19-16(24)26-17(2,3)4/h6-7,10H,5,8-9,11H2,1-4H3,(H,18,23)(H,19,24). The summed E-state index contributed by atoms with van der Waals surface area (Å²) >= 11 is 1.29. The van der Waals surface area contributed by atoms with Crippen LogP contribution in [0, 0.1) is 0 Å². The number of hydrogen-bond acceptors (Lipinski definition) is 7. The third kappa shape index (κ3) is 6.63. The van der Waals surface area contributed by atoms with E-state index in [-0.39, 0.29) is 11.7 Å². The largest absolute Gasteiger partial charge is 0.461 e. The normalized spacial score (nSPS) is 11.3. The maximum Gasteiger partial charge on any atom is 0.407 e. The number of carbonyl (C=O) groups excluding carboxylic acids is 2. The molecular formula is C17H25N5O4S. The molecule has 2 rings (SSSR count). The number of ether oxygens (including phenoxy) is 1. The van der Waals surface area contributed by atoms with Crippen LogP contribution in [0.25, 0.3) is 11.6 Å². The third-order valence-corrected chi connectivity index (χ3v) is 4.19. The van der Waals surface area contributed by atoms with Crippen molar-refractivity contribution in [2.75, 3.05) is 18.8 Å². The zero-order chi connectivity index (χ0) is 19.9. The quantitative estimate of drug-likeness (QED) is 0.521. The van der Waals surface area contributed by atoms with Gasteiger partial charge >= 0.3 is 6.09 Å². The summed E-state index contributed by atoms with van der Waals surface area (Å²) < 4.78 is 12.4. The van der Waals surface area contributed by atoms with Crippen LogP contribution in [0.4, 0.5) is 4.79 Å². The highest BCUT2D eigenvalue weighted by atomic mass is 32.2. The van der Waals surface area contributed by atoms with E-state index in [0.717, 1.165) is 0 Å². The fourth-order valence-corrected chi connectivity index (χ4v) is 2.96. The monoisotopic (exact) mass is 395 g/mol. The average Bonchev–Trinajstić information content (AvgIpc) is 3.23. The van der Waals surface area contributed by atoms with E-state index >= 15 is 0 Å². The molecule has 2 amide bonds. The summed E-state index contributed by atoms with van der Waals surface area (Å²) in [6.07, 6.45) is 1.07. The van der Waals surface area contributed by atoms with E-state index < -0.39 is 11.7 Å². The van der Waals surface area contributed by atoms with Crippen LogP contribution in [0.3, 0.4) is 0 Å². The van der Waals surface area contributed by atoms with Crippen molar-refractivity contribution in [3.63, 3.8) is 0 Å². The van der Waals surface area contributed by atoms with Crippen LogP contribution in [0.2, 0.25) is 0 Å². The molecule has 0 aliphatic rings. The number of nitrogens with one attached hydrogen (secondary N) is 2. The predicted molar refractivity (Wildman–Crippen MR) is 101 cm³/mol. The molecule has 2 heterocycles. The minimum Gasteiger partial charge on any atom is -0.461 e. The molecule has 148 valence electrons. The Bertz CT molecular complexity index is 752. The van der Waals surface area contributed by atoms with Crippen molar-refractivity contribution in [1.29, 1.82) is 0 Å². The van der Waals surface area contributed by atoms with Crippen molar-refractivity contribution in [3.8, 4) is 11.6 Å². The lowest BCUT2D eigenvalue weighted by Crippen LogP contribution is -2.38. The molecule has 0 unspecified atom stereocenters. The van der Waals surface area contributed by atoms with E-state index in [1.54, 1.807) is 33.1 Å². The Hall–Kier alpha value is -2.49. The first-order chi connectivity index (χ1) is 12.8. The molecule has 0 aliphatic heterocycles. The Balaban J connectivity index is 1.74. The van der Waals surface area contributed by atoms with Gasteiger partial charge in [-0.15, -0.1) is 10.2 Å². The second kappa shape index (κ2) is 9.45. The molecule has 0 aliphatic carbocycles. The summed E-state index contributed by atoms with van der Waals surface area (Å²) in [6, 6.07) is 3.60. The van der Waals surface area contributed by atoms with Gasteiger partial charge in [0.05, 0.1) is 12.0 Å². The molecular weight excluding hydrogens is 370 g/mol. The zero-order valence-electron chi connectivity index (χ0n) is 15.9. The van der Waals surface area contributed by atoms with Crippen LogP contribution >= 0.6 is 11.8 Å². The molecule has 0 aromatic carbocycles. The maximum atomic E-state index is 12.0. The number of carbonyl (C=O) groups is 2. The summed E-state index contributed by atoms with van der Waals surface area (Å²) in [5.41, 5.74) is -0.548. The van der Waals surface area contributed by atoms with Crippen LogP contribution in [0.15, 0.2) is 28.0 Å². The Morgan fingerprint density at radius 1 is 1.26 bits per heavy atom. The molecule has 0 bridgehead atoms. The molecule has 2 N–H and O–H groups in total. The second-order valence-corrected chi connectivity index (χ2v) is 7.54. The summed E-state index contributed by atoms with van der Waals surface area (Å²) in [5.74, 6) is 1.31. The Labute approximate surface area is 162 Å². The Morgan fingerprint density at radius 3 is 2.63 bits per heavy atom. The number of nitrogens with zero attached hydrogens (tertiary/aromatic N) is 3. The van der Waals surface area contributed by atoms with Gasteiger partial charge in [-0.3, -0.25) is 9.36 Å². The van der Waals surface area contributed by atoms with Crippen molar-refractivity contribution >= 4 is 23.8 Å². The topological polar surface area (TPSA) is 111 Å². The second-order valence-electron chi connectivity index (χ2n) is 6.60. The minimum absolute atomic E-state index is 0.156. The first-order valence-corrected chi connectivity index (χ1v) is 9.62. The minimum atomic E-state index is -0.548. The van der Waals surface area contributed by atoms with Crippen LogP contribution in [-0.2, 0) is 16.1 Å². The van der Waals surface area contributed by atoms with Crippen molar-refractivity contribution in [1.82, 2.24) is 25.4 Å². The van der Waals surface area contributed by atoms with Crippen molar-refractivity contribution in [2.45, 2.75) is 45.0 Å². The number of alkyl carbamates (subject to hydrolysis) is 1. The molecule has 0 saturated carbocycles. The van der Waals surface area contributed by atoms with Gasteiger partial charge in [0.15, 0.2) is 16.7 Å². The molecule has 2 aromatic heterocycles. The van der Waals surface area contributed by atoms with Gasteiger partial charge in [0.25, 0.3) is 0 Å². The fourth-order valence-electron chi connectivity index (χ4n) is 2.13. The predicted octanol–water partition coefficient (Wildman–Crippen LogP) is 2.29. The third-order valence-electron chi connectivity index (χ3n) is 3.22. The van der Waals surface area contributed by atoms with E-state index in [0.29, 0.717) is 36.4 Å². The van der Waals surface area contributed by atoms with Gasteiger partial charge in [-0.25, -0.2) is 4.79 Å². The van der Waals surface area contributed by atoms with Gasteiger partial charge in [0.1, 0.15) is 5.60 Å². The lowest BCUT2D eigenvalue weighted by molar-refractivity contribution is -0.118. The van der Waals surface area contributed by atoms with E-state index in [1.165, 1.54) is 11.8 Å². The highest BCUT2D eigenvalue weighted by Crippen LogP contribution is 2.23. The molecule has 10 heteroatoms. The lowest BCUT2D eigenvalue weighted by Gasteiger charge is -2.19. The van der Waals surface area contributed by atoms with Gasteiger partial charge in [-0.05, 0) is 39.8 Å². The van der Waals surface area contributed by atoms with Gasteiger partial charge in [0.2, 0.25) is 5.91 Å². The van der Waals surface area contributed by atoms with Crippen LogP contribution in [-0.4, -0.2) is 51.2 Å². The highest BCUT2D eigenvalue weighted by molar-refractivity contribution is 7.99. The van der Waals surface area contributed by atoms with Crippen LogP contribution < -0.4 is 10.6 Å². The molecule has 0 atom stereocenters. The molecule has 0 saturated heterocycles. The first kappa shape index (κ1) is 20.8. The highest BCUT2D eigenvalue weighted by Gasteiger charge is 2.17. The number of furan rings is 1. The van der Waals surface area contributed by atoms with Crippen molar-refractivity contribution in [3.05, 3.63) is 18.4 Å². The number of aromatic nitrogens is 3. The Morgan fingerprint density at radius 2 is 2.00 bits per heavy atom. The average molecular weight is 395 g/mol. The van der Waals surface area contributed by atoms with E-state index in [4.69, 9.17) is 9.15 Å². The van der Waals surface area contributed by atoms with E-state index in [2.05, 4.69) is 20.8 Å². The number of thioether (sulfide) groups is 1. The molecule has 0 radical (unpaired) electrons. The molecule has 27 heavy (non-hydrogen) atoms. The smallest absolute Gasteiger partial charge is 0.407 e. The SMILES string of the molecule is CCn1c(SCC(=O)NCCNC(=O)OC(C)(C)C)nnc1-c1ccco1. The fraction of sp³-hybridized carbons (Fsp3) is 0.529. The maximum absolute atomic E-state index is 12.0. The Kier molecular flexibility index (Phi) is 7.28. The molecule has 2 aromatic rings. The zero-order valence-corrected chi connectivity index (χ0v) is 16.8. The summed E-state index contributed by atoms with van der Waals surface area (Å²) in [4.78, 5) is 23.5. The lowest BCUT2D eigenvalue weighted by atomic mass is 10.2. The van der Waals surface area contributed by atoms with Crippen LogP contribution in [0.5, 0.6) is 0 Å². The van der Waals surface area contributed by atoms with Crippen LogP contribution in [0.1, 0.15) is 27.7 Å². The van der Waals surface area contributed by atoms with E-state index in [1.807, 2.05) is 17.6 Å². The van der Waals surface area contributed by atoms with Gasteiger partial charge < -0.3 is 19.8 Å². The number of hydrogen-bond donors (Lipinski definition) is 2. The first-order valence-electron chi connectivity index (χ1n) is 8.63. The molecule has 0 fully saturated rings. The summed E-state index contributed by atoms with van der Waals surface area (Å²) in [7, 11) is 0. The summed E-state index contributed by atoms with van der Waals surface area (Å²) in [6.45, 7) is 8.61. The molecule has 0 spiro atoms. The van der Waals surface area contributed by atoms with Gasteiger partial charge in [-0.2, -0.15) is 0 Å². The number of amides is 2. The number of rotatable bonds is 8. The summed E-state index contributed by atoms with van der Waals surface area (Å²) in [5, 5.41) is 14.2.